The zero-order chi connectivity index (χ0) is 31.9. The molecule has 0 radical (unpaired) electrons. The summed E-state index contributed by atoms with van der Waals surface area (Å²) in [6.07, 6.45) is 2.80. The first-order valence-electron chi connectivity index (χ1n) is 15.0. The number of halogens is 2. The van der Waals surface area contributed by atoms with Gasteiger partial charge in [0, 0.05) is 56.7 Å². The third kappa shape index (κ3) is 8.56. The number of hydrogen-bond donors (Lipinski definition) is 3. The lowest BCUT2D eigenvalue weighted by Crippen LogP contribution is -2.50. The molecule has 4 amide bonds. The molecule has 45 heavy (non-hydrogen) atoms. The number of β-amino-alcohol motifs (C(OH)–C–C–N with tert-alkyl or cyclic N) is 1. The number of aliphatic hydroxyl groups is 1. The predicted molar refractivity (Wildman–Crippen MR) is 175 cm³/mol. The molecule has 13 heteroatoms. The second-order valence-corrected chi connectivity index (χ2v) is 13.1. The third-order valence-corrected chi connectivity index (χ3v) is 9.44. The lowest BCUT2D eigenvalue weighted by molar-refractivity contribution is -0.126. The molecule has 3 N–H and O–H groups in total. The highest BCUT2D eigenvalue weighted by atomic mass is 79.9. The van der Waals surface area contributed by atoms with Gasteiger partial charge in [0.2, 0.25) is 0 Å². The number of fused-ring (bicyclic) bond motifs is 1. The maximum absolute atomic E-state index is 13.3. The number of phenols is 1. The molecule has 5 rings (SSSR count). The van der Waals surface area contributed by atoms with Gasteiger partial charge in [0.15, 0.2) is 6.10 Å². The van der Waals surface area contributed by atoms with Crippen molar-refractivity contribution in [1.29, 1.82) is 0 Å². The van der Waals surface area contributed by atoms with Gasteiger partial charge in [-0.2, -0.15) is 4.99 Å². The van der Waals surface area contributed by atoms with Crippen LogP contribution in [0.2, 0.25) is 0 Å². The highest BCUT2D eigenvalue weighted by Gasteiger charge is 2.33. The lowest BCUT2D eigenvalue weighted by Gasteiger charge is -2.37. The van der Waals surface area contributed by atoms with E-state index in [2.05, 4.69) is 53.8 Å². The molecular weight excluding hydrogens is 710 g/mol. The molecule has 2 atom stereocenters. The molecule has 2 aromatic rings. The fraction of sp³-hybridized carbons (Fsp3) is 0.438. The van der Waals surface area contributed by atoms with E-state index < -0.39 is 24.2 Å². The molecule has 11 nitrogen and oxygen atoms in total. The first kappa shape index (κ1) is 32.8. The number of benzene rings is 2. The van der Waals surface area contributed by atoms with Gasteiger partial charge in [-0.1, -0.05) is 18.2 Å². The number of ether oxygens (including phenoxy) is 1. The topological polar surface area (TPSA) is 135 Å². The lowest BCUT2D eigenvalue weighted by atomic mass is 10.0. The molecule has 2 fully saturated rings. The smallest absolute Gasteiger partial charge is 0.410 e. The summed E-state index contributed by atoms with van der Waals surface area (Å²) >= 11 is 6.60. The summed E-state index contributed by atoms with van der Waals surface area (Å²) in [4.78, 5) is 48.6. The summed E-state index contributed by atoms with van der Waals surface area (Å²) in [5.41, 5.74) is 5.28. The number of phenolic OH excluding ortho intramolecular Hbond substituents is 1. The summed E-state index contributed by atoms with van der Waals surface area (Å²) in [5.74, 6) is 1.80. The van der Waals surface area contributed by atoms with Crippen LogP contribution < -0.4 is 5.32 Å². The van der Waals surface area contributed by atoms with Crippen LogP contribution in [0.15, 0.2) is 62.3 Å². The predicted octanol–water partition coefficient (Wildman–Crippen LogP) is 4.84. The monoisotopic (exact) mass is 743 g/mol. The first-order valence-corrected chi connectivity index (χ1v) is 16.5. The Hall–Kier alpha value is -3.60. The molecule has 0 bridgehead atoms. The number of aromatic hydroxyl groups is 1. The van der Waals surface area contributed by atoms with Gasteiger partial charge in [0.25, 0.3) is 5.91 Å². The van der Waals surface area contributed by atoms with Crippen molar-refractivity contribution in [3.8, 4) is 5.75 Å². The number of nitrogens with one attached hydrogen (secondary N) is 1. The molecule has 1 unspecified atom stereocenters. The zero-order valence-electron chi connectivity index (χ0n) is 24.6. The second-order valence-electron chi connectivity index (χ2n) is 11.4. The number of aliphatic imine (C=N–C) groups is 1. The van der Waals surface area contributed by atoms with Crippen LogP contribution in [0, 0.1) is 0 Å². The minimum absolute atomic E-state index is 0.0115. The highest BCUT2D eigenvalue weighted by Crippen LogP contribution is 2.34. The molecule has 3 aliphatic rings. The number of carbonyl (C=O) groups is 3. The molecule has 238 valence electrons. The van der Waals surface area contributed by atoms with E-state index in [0.29, 0.717) is 53.5 Å². The summed E-state index contributed by atoms with van der Waals surface area (Å²) in [5, 5.41) is 23.0. The number of para-hydroxylation sites is 1. The maximum atomic E-state index is 13.3. The molecule has 0 aromatic heterocycles. The highest BCUT2D eigenvalue weighted by molar-refractivity contribution is 9.11. The van der Waals surface area contributed by atoms with Crippen molar-refractivity contribution in [3.05, 3.63) is 68.4 Å². The Morgan fingerprint density at radius 2 is 1.84 bits per heavy atom. The third-order valence-electron chi connectivity index (χ3n) is 8.23. The number of aliphatic hydroxyl groups excluding tert-OH is 1. The molecule has 0 saturated carbocycles. The fourth-order valence-electron chi connectivity index (χ4n) is 5.80. The van der Waals surface area contributed by atoms with E-state index in [0.717, 1.165) is 37.1 Å². The van der Waals surface area contributed by atoms with E-state index in [1.807, 2.05) is 34.1 Å². The van der Waals surface area contributed by atoms with Crippen molar-refractivity contribution in [1.82, 2.24) is 14.7 Å². The number of urea groups is 1. The molecule has 3 aliphatic heterocycles. The van der Waals surface area contributed by atoms with Gasteiger partial charge in [-0.05, 0) is 99.0 Å². The fourth-order valence-corrected chi connectivity index (χ4v) is 7.09. The van der Waals surface area contributed by atoms with Gasteiger partial charge in [-0.3, -0.25) is 4.79 Å². The number of likely N-dealkylation sites (tertiary alicyclic amines) is 2. The minimum Gasteiger partial charge on any atom is -0.506 e. The van der Waals surface area contributed by atoms with Gasteiger partial charge in [-0.25, -0.2) is 9.59 Å². The number of amides is 4. The summed E-state index contributed by atoms with van der Waals surface area (Å²) in [7, 11) is 0. The summed E-state index contributed by atoms with van der Waals surface area (Å²) in [6.45, 7) is 2.55. The van der Waals surface area contributed by atoms with Crippen molar-refractivity contribution in [2.24, 2.45) is 4.99 Å². The average molecular weight is 745 g/mol. The largest absolute Gasteiger partial charge is 0.506 e. The molecular formula is C32H35Br2N5O6. The Kier molecular flexibility index (Phi) is 11.0. The van der Waals surface area contributed by atoms with Crippen LogP contribution in [-0.4, -0.2) is 99.8 Å². The van der Waals surface area contributed by atoms with Crippen molar-refractivity contribution < 1.29 is 29.3 Å². The first-order chi connectivity index (χ1) is 21.7. The quantitative estimate of drug-likeness (QED) is 0.285. The van der Waals surface area contributed by atoms with E-state index in [1.165, 1.54) is 0 Å². The van der Waals surface area contributed by atoms with E-state index in [1.54, 1.807) is 23.2 Å². The Balaban J connectivity index is 1.24. The van der Waals surface area contributed by atoms with Gasteiger partial charge in [-0.15, -0.1) is 0 Å². The SMILES string of the molecule is O=C(N=C=C=CN1CCCC(O)C1)[C@@H](Cc1cc(Br)c(O)c(Br)c1)OC(=O)N1CCC(N2CCc3ccccc3NC2=O)CC1. The van der Waals surface area contributed by atoms with E-state index in [-0.39, 0.29) is 24.2 Å². The normalized spacial score (nSPS) is 19.3. The van der Waals surface area contributed by atoms with Crippen molar-refractivity contribution in [2.75, 3.05) is 38.0 Å². The van der Waals surface area contributed by atoms with Crippen LogP contribution >= 0.6 is 31.9 Å². The van der Waals surface area contributed by atoms with E-state index in [4.69, 9.17) is 4.74 Å². The molecule has 2 aromatic carbocycles. The minimum atomic E-state index is -1.25. The van der Waals surface area contributed by atoms with Crippen molar-refractivity contribution in [3.63, 3.8) is 0 Å². The van der Waals surface area contributed by atoms with Crippen LogP contribution in [0.4, 0.5) is 15.3 Å². The van der Waals surface area contributed by atoms with Crippen LogP contribution in [0.5, 0.6) is 5.75 Å². The van der Waals surface area contributed by atoms with Crippen molar-refractivity contribution in [2.45, 2.75) is 56.8 Å². The maximum Gasteiger partial charge on any atom is 0.410 e. The number of carbonyl (C=O) groups excluding carboxylic acids is 3. The summed E-state index contributed by atoms with van der Waals surface area (Å²) in [6, 6.07) is 10.9. The standard InChI is InChI=1S/C32H35Br2N5O6/c33-25-17-21(18-26(34)29(25)41)19-28(30(42)35-11-4-13-37-12-3-6-24(40)20-37)45-32(44)38-14-9-23(10-15-38)39-16-8-22-5-1-2-7-27(22)36-31(39)43/h1-2,5,7,13,17-18,23-24,28,40-41H,3,6,8-10,12,14-16,19-20H2,(H,36,43)/t24?,28-/m1/s1. The van der Waals surface area contributed by atoms with Gasteiger partial charge in [0.05, 0.1) is 21.2 Å². The Bertz CT molecular complexity index is 1510. The van der Waals surface area contributed by atoms with Crippen LogP contribution in [-0.2, 0) is 22.4 Å². The van der Waals surface area contributed by atoms with Crippen LogP contribution in [0.25, 0.3) is 0 Å². The van der Waals surface area contributed by atoms with Crippen LogP contribution in [0.1, 0.15) is 36.8 Å². The average Bonchev–Trinajstić information content (AvgIpc) is 3.19. The number of rotatable bonds is 6. The van der Waals surface area contributed by atoms with Gasteiger partial charge in [0.1, 0.15) is 5.75 Å². The molecule has 0 spiro atoms. The Morgan fingerprint density at radius 1 is 1.11 bits per heavy atom. The zero-order valence-corrected chi connectivity index (χ0v) is 27.8. The van der Waals surface area contributed by atoms with Crippen LogP contribution in [0.3, 0.4) is 0 Å². The van der Waals surface area contributed by atoms with E-state index >= 15 is 0 Å². The molecule has 2 saturated heterocycles. The number of hydrogen-bond acceptors (Lipinski definition) is 7. The van der Waals surface area contributed by atoms with Crippen molar-refractivity contribution >= 4 is 61.4 Å². The van der Waals surface area contributed by atoms with E-state index in [9.17, 15) is 24.6 Å². The molecule has 3 heterocycles. The second kappa shape index (κ2) is 15.1. The number of piperidine rings is 2. The number of nitrogens with zero attached hydrogens (tertiary/aromatic N) is 4. The Morgan fingerprint density at radius 3 is 2.58 bits per heavy atom. The number of anilines is 1. The van der Waals surface area contributed by atoms with Gasteiger partial charge < -0.3 is 35.0 Å². The van der Waals surface area contributed by atoms with Gasteiger partial charge >= 0.3 is 12.1 Å². The summed E-state index contributed by atoms with van der Waals surface area (Å²) < 4.78 is 6.56. The Labute approximate surface area is 278 Å². The molecule has 0 aliphatic carbocycles.